The van der Waals surface area contributed by atoms with Gasteiger partial charge in [0.25, 0.3) is 5.91 Å². The predicted molar refractivity (Wildman–Crippen MR) is 77.7 cm³/mol. The number of carboxylic acid groups (broad SMARTS) is 1. The van der Waals surface area contributed by atoms with Gasteiger partial charge in [0.05, 0.1) is 12.2 Å². The van der Waals surface area contributed by atoms with Crippen molar-refractivity contribution >= 4 is 11.9 Å². The predicted octanol–water partition coefficient (Wildman–Crippen LogP) is 1.75. The minimum Gasteiger partial charge on any atom is -0.477 e. The summed E-state index contributed by atoms with van der Waals surface area (Å²) < 4.78 is 5.09. The molecule has 6 heteroatoms. The first-order chi connectivity index (χ1) is 9.95. The lowest BCUT2D eigenvalue weighted by Crippen LogP contribution is -2.35. The summed E-state index contributed by atoms with van der Waals surface area (Å²) in [5, 5.41) is 9.11. The third-order valence-corrected chi connectivity index (χ3v) is 3.79. The molecular formula is C15H20N2O4. The van der Waals surface area contributed by atoms with Gasteiger partial charge in [-0.25, -0.2) is 4.79 Å². The standard InChI is InChI=1S/C15H20N2O4/c1-9-12(10(2)16-13(9)15(19)20)14(18)17-6-4-11(5-7-17)8-21-3/h4,16H,5-8H2,1-3H3,(H,19,20). The number of aryl methyl sites for hydroxylation is 1. The van der Waals surface area contributed by atoms with Crippen molar-refractivity contribution < 1.29 is 19.4 Å². The number of nitrogens with one attached hydrogen (secondary N) is 1. The van der Waals surface area contributed by atoms with Gasteiger partial charge in [-0.3, -0.25) is 4.79 Å². The summed E-state index contributed by atoms with van der Waals surface area (Å²) in [6.45, 7) is 5.14. The number of aromatic amines is 1. The van der Waals surface area contributed by atoms with Crippen LogP contribution in [0.2, 0.25) is 0 Å². The van der Waals surface area contributed by atoms with Crippen LogP contribution in [0.5, 0.6) is 0 Å². The first-order valence-corrected chi connectivity index (χ1v) is 6.84. The molecule has 1 aromatic rings. The second-order valence-corrected chi connectivity index (χ2v) is 5.23. The van der Waals surface area contributed by atoms with Gasteiger partial charge in [0.15, 0.2) is 0 Å². The molecule has 1 aromatic heterocycles. The molecule has 6 nitrogen and oxygen atoms in total. The SMILES string of the molecule is COCC1=CCN(C(=O)c2c(C)[nH]c(C(=O)O)c2C)CC1. The Bertz CT molecular complexity index is 601. The first kappa shape index (κ1) is 15.3. The van der Waals surface area contributed by atoms with Gasteiger partial charge in [0.1, 0.15) is 5.69 Å². The Hall–Kier alpha value is -2.08. The van der Waals surface area contributed by atoms with E-state index in [4.69, 9.17) is 9.84 Å². The Balaban J connectivity index is 2.20. The monoisotopic (exact) mass is 292 g/mol. The van der Waals surface area contributed by atoms with Gasteiger partial charge in [-0.05, 0) is 31.4 Å². The molecule has 0 atom stereocenters. The van der Waals surface area contributed by atoms with Crippen LogP contribution in [0, 0.1) is 13.8 Å². The van der Waals surface area contributed by atoms with Crippen molar-refractivity contribution in [1.82, 2.24) is 9.88 Å². The number of amides is 1. The highest BCUT2D eigenvalue weighted by Gasteiger charge is 2.26. The molecule has 2 rings (SSSR count). The lowest BCUT2D eigenvalue weighted by Gasteiger charge is -2.26. The lowest BCUT2D eigenvalue weighted by molar-refractivity contribution is 0.0690. The minimum atomic E-state index is -1.05. The van der Waals surface area contributed by atoms with Crippen LogP contribution < -0.4 is 0 Å². The van der Waals surface area contributed by atoms with Crippen LogP contribution in [0.4, 0.5) is 0 Å². The summed E-state index contributed by atoms with van der Waals surface area (Å²) in [7, 11) is 1.65. The van der Waals surface area contributed by atoms with Crippen molar-refractivity contribution in [3.05, 3.63) is 34.2 Å². The smallest absolute Gasteiger partial charge is 0.352 e. The van der Waals surface area contributed by atoms with Crippen LogP contribution in [-0.4, -0.2) is 53.7 Å². The molecule has 1 aliphatic heterocycles. The molecule has 0 fully saturated rings. The third-order valence-electron chi connectivity index (χ3n) is 3.79. The van der Waals surface area contributed by atoms with Gasteiger partial charge >= 0.3 is 5.97 Å². The number of ether oxygens (including phenoxy) is 1. The number of carboxylic acids is 1. The number of aromatic nitrogens is 1. The molecule has 0 saturated heterocycles. The molecule has 0 aliphatic carbocycles. The average molecular weight is 292 g/mol. The number of aromatic carboxylic acids is 1. The van der Waals surface area contributed by atoms with Crippen LogP contribution in [0.25, 0.3) is 0 Å². The van der Waals surface area contributed by atoms with E-state index in [1.54, 1.807) is 25.9 Å². The molecule has 0 unspecified atom stereocenters. The van der Waals surface area contributed by atoms with Crippen LogP contribution in [0.1, 0.15) is 38.5 Å². The van der Waals surface area contributed by atoms with Gasteiger partial charge < -0.3 is 19.7 Å². The zero-order chi connectivity index (χ0) is 15.6. The minimum absolute atomic E-state index is 0.0865. The molecule has 2 N–H and O–H groups in total. The largest absolute Gasteiger partial charge is 0.477 e. The average Bonchev–Trinajstić information content (AvgIpc) is 2.75. The molecule has 2 heterocycles. The van der Waals surface area contributed by atoms with Crippen LogP contribution in [-0.2, 0) is 4.74 Å². The maximum absolute atomic E-state index is 12.6. The molecule has 0 radical (unpaired) electrons. The van der Waals surface area contributed by atoms with Crippen molar-refractivity contribution in [2.75, 3.05) is 26.8 Å². The van der Waals surface area contributed by atoms with Crippen LogP contribution in [0.15, 0.2) is 11.6 Å². The Morgan fingerprint density at radius 3 is 2.62 bits per heavy atom. The number of carbonyl (C=O) groups is 2. The van der Waals surface area contributed by atoms with E-state index in [9.17, 15) is 9.59 Å². The molecule has 114 valence electrons. The molecule has 0 aromatic carbocycles. The van der Waals surface area contributed by atoms with Gasteiger partial charge in [-0.2, -0.15) is 0 Å². The van der Waals surface area contributed by atoms with Crippen LogP contribution in [0.3, 0.4) is 0 Å². The summed E-state index contributed by atoms with van der Waals surface area (Å²) >= 11 is 0. The number of carbonyl (C=O) groups excluding carboxylic acids is 1. The van der Waals surface area contributed by atoms with E-state index in [0.29, 0.717) is 36.5 Å². The highest BCUT2D eigenvalue weighted by molar-refractivity contribution is 6.01. The molecule has 1 amide bonds. The Labute approximate surface area is 123 Å². The Morgan fingerprint density at radius 2 is 2.14 bits per heavy atom. The van der Waals surface area contributed by atoms with E-state index in [1.165, 1.54) is 5.57 Å². The van der Waals surface area contributed by atoms with Crippen molar-refractivity contribution in [2.45, 2.75) is 20.3 Å². The Kier molecular flexibility index (Phi) is 4.47. The van der Waals surface area contributed by atoms with Crippen molar-refractivity contribution in [3.63, 3.8) is 0 Å². The molecule has 1 aliphatic rings. The molecular weight excluding hydrogens is 272 g/mol. The quantitative estimate of drug-likeness (QED) is 0.828. The van der Waals surface area contributed by atoms with E-state index in [1.807, 2.05) is 6.08 Å². The van der Waals surface area contributed by atoms with Crippen molar-refractivity contribution in [1.29, 1.82) is 0 Å². The zero-order valence-corrected chi connectivity index (χ0v) is 12.5. The fourth-order valence-electron chi connectivity index (χ4n) is 2.65. The third kappa shape index (κ3) is 3.00. The first-order valence-electron chi connectivity index (χ1n) is 6.84. The van der Waals surface area contributed by atoms with E-state index in [2.05, 4.69) is 4.98 Å². The molecule has 0 bridgehead atoms. The van der Waals surface area contributed by atoms with Crippen molar-refractivity contribution in [3.8, 4) is 0 Å². The summed E-state index contributed by atoms with van der Waals surface area (Å²) in [5.74, 6) is -1.17. The van der Waals surface area contributed by atoms with Crippen LogP contribution >= 0.6 is 0 Å². The molecule has 0 saturated carbocycles. The van der Waals surface area contributed by atoms with Crippen molar-refractivity contribution in [2.24, 2.45) is 0 Å². The molecule has 21 heavy (non-hydrogen) atoms. The number of rotatable bonds is 4. The molecule has 0 spiro atoms. The number of methoxy groups -OCH3 is 1. The van der Waals surface area contributed by atoms with E-state index >= 15 is 0 Å². The zero-order valence-electron chi connectivity index (χ0n) is 12.5. The van der Waals surface area contributed by atoms with E-state index in [-0.39, 0.29) is 11.6 Å². The number of H-pyrrole nitrogens is 1. The highest BCUT2D eigenvalue weighted by Crippen LogP contribution is 2.22. The normalized spacial score (nSPS) is 15.0. The fraction of sp³-hybridized carbons (Fsp3) is 0.467. The number of hydrogen-bond acceptors (Lipinski definition) is 3. The number of nitrogens with zero attached hydrogens (tertiary/aromatic N) is 1. The van der Waals surface area contributed by atoms with E-state index in [0.717, 1.165) is 6.42 Å². The second-order valence-electron chi connectivity index (χ2n) is 5.23. The summed E-state index contributed by atoms with van der Waals surface area (Å²) in [4.78, 5) is 28.2. The topological polar surface area (TPSA) is 82.6 Å². The maximum atomic E-state index is 12.6. The number of hydrogen-bond donors (Lipinski definition) is 2. The lowest BCUT2D eigenvalue weighted by atomic mass is 10.1. The Morgan fingerprint density at radius 1 is 1.43 bits per heavy atom. The second kappa shape index (κ2) is 6.13. The summed E-state index contributed by atoms with van der Waals surface area (Å²) in [6, 6.07) is 0. The fourth-order valence-corrected chi connectivity index (χ4v) is 2.65. The van der Waals surface area contributed by atoms with Gasteiger partial charge in [-0.1, -0.05) is 6.08 Å². The highest BCUT2D eigenvalue weighted by atomic mass is 16.5. The van der Waals surface area contributed by atoms with Gasteiger partial charge in [-0.15, -0.1) is 0 Å². The van der Waals surface area contributed by atoms with Gasteiger partial charge in [0.2, 0.25) is 0 Å². The summed E-state index contributed by atoms with van der Waals surface area (Å²) in [6.07, 6.45) is 2.79. The summed E-state index contributed by atoms with van der Waals surface area (Å²) in [5.41, 5.74) is 2.84. The van der Waals surface area contributed by atoms with E-state index < -0.39 is 5.97 Å². The van der Waals surface area contributed by atoms with Gasteiger partial charge in [0, 0.05) is 25.9 Å². The maximum Gasteiger partial charge on any atom is 0.352 e.